The summed E-state index contributed by atoms with van der Waals surface area (Å²) in [4.78, 5) is 12.0. The van der Waals surface area contributed by atoms with Crippen LogP contribution in [0, 0.1) is 0 Å². The van der Waals surface area contributed by atoms with Gasteiger partial charge >= 0.3 is 5.97 Å². The third-order valence-electron chi connectivity index (χ3n) is 3.45. The summed E-state index contributed by atoms with van der Waals surface area (Å²) in [6.07, 6.45) is 1.08. The van der Waals surface area contributed by atoms with Crippen molar-refractivity contribution in [2.45, 2.75) is 46.0 Å². The zero-order valence-electron chi connectivity index (χ0n) is 15.0. The van der Waals surface area contributed by atoms with Gasteiger partial charge < -0.3 is 24.3 Å². The fraction of sp³-hybridized carbons (Fsp3) is 0.500. The number of nitrogens with one attached hydrogen (secondary N) is 1. The van der Waals surface area contributed by atoms with Crippen LogP contribution in [0.1, 0.15) is 39.4 Å². The largest absolute Gasteiger partial charge is 0.487 e. The van der Waals surface area contributed by atoms with Crippen LogP contribution in [-0.2, 0) is 14.3 Å². The smallest absolute Gasteiger partial charge is 0.338 e. The Balaban J connectivity index is 2.49. The van der Waals surface area contributed by atoms with Gasteiger partial charge in [-0.1, -0.05) is 0 Å². The van der Waals surface area contributed by atoms with Crippen molar-refractivity contribution >= 4 is 11.7 Å². The van der Waals surface area contributed by atoms with Crippen LogP contribution < -0.4 is 14.8 Å². The van der Waals surface area contributed by atoms with Crippen molar-refractivity contribution in [2.24, 2.45) is 0 Å². The highest BCUT2D eigenvalue weighted by Crippen LogP contribution is 2.42. The van der Waals surface area contributed by atoms with E-state index in [0.717, 1.165) is 11.3 Å². The van der Waals surface area contributed by atoms with Gasteiger partial charge in [0.1, 0.15) is 6.10 Å². The van der Waals surface area contributed by atoms with Crippen molar-refractivity contribution in [3.8, 4) is 11.5 Å². The normalized spacial score (nSPS) is 16.3. The highest BCUT2D eigenvalue weighted by atomic mass is 16.5. The number of ether oxygens (including phenoxy) is 4. The Hall–Kier alpha value is -2.21. The van der Waals surface area contributed by atoms with E-state index in [1.54, 1.807) is 13.3 Å². The Morgan fingerprint density at radius 2 is 1.62 bits per heavy atom. The van der Waals surface area contributed by atoms with Crippen molar-refractivity contribution < 1.29 is 23.7 Å². The van der Waals surface area contributed by atoms with Gasteiger partial charge in [-0.05, 0) is 33.8 Å². The average molecular weight is 335 g/mol. The Labute approximate surface area is 142 Å². The fourth-order valence-electron chi connectivity index (χ4n) is 2.55. The SMILES string of the molecule is COC(=O)C1=CNc2cc(OC(C)C)c(OC(C)C)cc2C1OC. The summed E-state index contributed by atoms with van der Waals surface area (Å²) in [5, 5.41) is 3.11. The molecule has 0 bridgehead atoms. The van der Waals surface area contributed by atoms with Crippen LogP contribution in [0.3, 0.4) is 0 Å². The van der Waals surface area contributed by atoms with E-state index in [4.69, 9.17) is 18.9 Å². The molecule has 1 aromatic carbocycles. The second-order valence-corrected chi connectivity index (χ2v) is 6.07. The zero-order valence-corrected chi connectivity index (χ0v) is 15.0. The maximum Gasteiger partial charge on any atom is 0.338 e. The number of hydrogen-bond donors (Lipinski definition) is 1. The van der Waals surface area contributed by atoms with Crippen molar-refractivity contribution in [2.75, 3.05) is 19.5 Å². The number of carbonyl (C=O) groups excluding carboxylic acids is 1. The molecule has 24 heavy (non-hydrogen) atoms. The minimum absolute atomic E-state index is 0.00859. The first-order valence-corrected chi connectivity index (χ1v) is 7.96. The molecule has 1 unspecified atom stereocenters. The molecule has 0 aromatic heterocycles. The zero-order chi connectivity index (χ0) is 17.9. The first kappa shape index (κ1) is 18.1. The number of esters is 1. The molecule has 1 heterocycles. The van der Waals surface area contributed by atoms with Crippen LogP contribution >= 0.6 is 0 Å². The van der Waals surface area contributed by atoms with Crippen molar-refractivity contribution in [3.05, 3.63) is 29.5 Å². The van der Waals surface area contributed by atoms with E-state index < -0.39 is 12.1 Å². The number of benzene rings is 1. The Morgan fingerprint density at radius 1 is 1.04 bits per heavy atom. The van der Waals surface area contributed by atoms with Crippen LogP contribution in [0.5, 0.6) is 11.5 Å². The number of fused-ring (bicyclic) bond motifs is 1. The quantitative estimate of drug-likeness (QED) is 0.804. The molecular weight excluding hydrogens is 310 g/mol. The van der Waals surface area contributed by atoms with Crippen molar-refractivity contribution in [1.82, 2.24) is 0 Å². The van der Waals surface area contributed by atoms with E-state index in [1.165, 1.54) is 7.11 Å². The van der Waals surface area contributed by atoms with Crippen LogP contribution in [0.15, 0.2) is 23.9 Å². The third-order valence-corrected chi connectivity index (χ3v) is 3.45. The van der Waals surface area contributed by atoms with Gasteiger partial charge in [0.15, 0.2) is 11.5 Å². The van der Waals surface area contributed by atoms with E-state index in [2.05, 4.69) is 5.32 Å². The molecule has 1 aliphatic rings. The van der Waals surface area contributed by atoms with E-state index in [0.29, 0.717) is 17.1 Å². The summed E-state index contributed by atoms with van der Waals surface area (Å²) in [6.45, 7) is 7.81. The molecule has 2 rings (SSSR count). The van der Waals surface area contributed by atoms with Gasteiger partial charge in [0.2, 0.25) is 0 Å². The second-order valence-electron chi connectivity index (χ2n) is 6.07. The molecule has 6 heteroatoms. The first-order chi connectivity index (χ1) is 11.4. The molecule has 6 nitrogen and oxygen atoms in total. The minimum atomic E-state index is -0.531. The van der Waals surface area contributed by atoms with E-state index in [-0.39, 0.29) is 12.2 Å². The van der Waals surface area contributed by atoms with Gasteiger partial charge in [-0.3, -0.25) is 0 Å². The van der Waals surface area contributed by atoms with Gasteiger partial charge in [0.25, 0.3) is 0 Å². The summed E-state index contributed by atoms with van der Waals surface area (Å²) in [6, 6.07) is 3.72. The molecule has 0 saturated heterocycles. The van der Waals surface area contributed by atoms with Crippen molar-refractivity contribution in [3.63, 3.8) is 0 Å². The van der Waals surface area contributed by atoms with Gasteiger partial charge in [-0.2, -0.15) is 0 Å². The summed E-state index contributed by atoms with van der Waals surface area (Å²) in [5.74, 6) is 0.830. The van der Waals surface area contributed by atoms with Crippen LogP contribution in [0.25, 0.3) is 0 Å². The number of anilines is 1. The highest BCUT2D eigenvalue weighted by molar-refractivity contribution is 5.92. The third kappa shape index (κ3) is 3.82. The molecule has 1 N–H and O–H groups in total. The summed E-state index contributed by atoms with van der Waals surface area (Å²) in [7, 11) is 2.90. The monoisotopic (exact) mass is 335 g/mol. The maximum absolute atomic E-state index is 12.0. The number of rotatable bonds is 6. The van der Waals surface area contributed by atoms with E-state index in [1.807, 2.05) is 39.8 Å². The van der Waals surface area contributed by atoms with Gasteiger partial charge in [-0.15, -0.1) is 0 Å². The molecule has 0 saturated carbocycles. The van der Waals surface area contributed by atoms with Crippen LogP contribution in [0.4, 0.5) is 5.69 Å². The van der Waals surface area contributed by atoms with E-state index in [9.17, 15) is 4.79 Å². The second kappa shape index (κ2) is 7.57. The fourth-order valence-corrected chi connectivity index (χ4v) is 2.55. The number of methoxy groups -OCH3 is 2. The lowest BCUT2D eigenvalue weighted by Gasteiger charge is -2.27. The molecule has 1 aromatic rings. The molecule has 132 valence electrons. The molecule has 1 aliphatic heterocycles. The number of carbonyl (C=O) groups is 1. The summed E-state index contributed by atoms with van der Waals surface area (Å²) in [5.41, 5.74) is 2.01. The summed E-state index contributed by atoms with van der Waals surface area (Å²) >= 11 is 0. The molecular formula is C18H25NO5. The topological polar surface area (TPSA) is 66.0 Å². The molecule has 0 spiro atoms. The minimum Gasteiger partial charge on any atom is -0.487 e. The maximum atomic E-state index is 12.0. The Morgan fingerprint density at radius 3 is 2.12 bits per heavy atom. The van der Waals surface area contributed by atoms with Crippen LogP contribution in [0.2, 0.25) is 0 Å². The van der Waals surface area contributed by atoms with Crippen molar-refractivity contribution in [1.29, 1.82) is 0 Å². The average Bonchev–Trinajstić information content (AvgIpc) is 2.52. The van der Waals surface area contributed by atoms with E-state index >= 15 is 0 Å². The standard InChI is InChI=1S/C18H25NO5/c1-10(2)23-15-7-12-14(8-16(15)24-11(3)4)19-9-13(17(12)21-5)18(20)22-6/h7-11,17,19H,1-6H3. The lowest BCUT2D eigenvalue weighted by molar-refractivity contribution is -0.137. The predicted octanol–water partition coefficient (Wildman–Crippen LogP) is 3.43. The van der Waals surface area contributed by atoms with Gasteiger partial charge in [0, 0.05) is 30.6 Å². The first-order valence-electron chi connectivity index (χ1n) is 7.96. The molecule has 0 fully saturated rings. The lowest BCUT2D eigenvalue weighted by Crippen LogP contribution is -2.21. The highest BCUT2D eigenvalue weighted by Gasteiger charge is 2.30. The van der Waals surface area contributed by atoms with Crippen LogP contribution in [-0.4, -0.2) is 32.4 Å². The van der Waals surface area contributed by atoms with Gasteiger partial charge in [0.05, 0.1) is 24.9 Å². The molecule has 0 aliphatic carbocycles. The van der Waals surface area contributed by atoms with Gasteiger partial charge in [-0.25, -0.2) is 4.79 Å². The molecule has 0 radical (unpaired) electrons. The molecule has 1 atom stereocenters. The Kier molecular flexibility index (Phi) is 5.72. The lowest BCUT2D eigenvalue weighted by atomic mass is 9.96. The number of hydrogen-bond acceptors (Lipinski definition) is 6. The Bertz CT molecular complexity index is 637. The summed E-state index contributed by atoms with van der Waals surface area (Å²) < 4.78 is 22.1. The predicted molar refractivity (Wildman–Crippen MR) is 91.4 cm³/mol. The molecule has 0 amide bonds.